The van der Waals surface area contributed by atoms with E-state index in [1.165, 1.54) is 12.1 Å². The van der Waals surface area contributed by atoms with Gasteiger partial charge in [0.1, 0.15) is 10.8 Å². The third kappa shape index (κ3) is 2.33. The number of carbonyl (C=O) groups excluding carboxylic acids is 1. The number of esters is 1. The van der Waals surface area contributed by atoms with Gasteiger partial charge in [0.05, 0.1) is 6.61 Å². The number of thiazole rings is 1. The fraction of sp³-hybridized carbons (Fsp3) is 0.167. The number of halogens is 1. The summed E-state index contributed by atoms with van der Waals surface area (Å²) in [7, 11) is 0. The Morgan fingerprint density at radius 1 is 1.50 bits per heavy atom. The first-order valence-electron chi connectivity index (χ1n) is 5.25. The highest BCUT2D eigenvalue weighted by Gasteiger charge is 2.20. The van der Waals surface area contributed by atoms with Gasteiger partial charge in [-0.3, -0.25) is 0 Å². The molecular weight excluding hydrogens is 257 g/mol. The molecule has 0 spiro atoms. The molecule has 0 saturated carbocycles. The van der Waals surface area contributed by atoms with E-state index < -0.39 is 17.7 Å². The molecule has 0 aliphatic rings. The lowest BCUT2D eigenvalue weighted by atomic mass is 10.2. The molecule has 1 N–H and O–H groups in total. The van der Waals surface area contributed by atoms with Gasteiger partial charge < -0.3 is 9.84 Å². The second-order valence-corrected chi connectivity index (χ2v) is 4.37. The van der Waals surface area contributed by atoms with E-state index in [0.29, 0.717) is 0 Å². The summed E-state index contributed by atoms with van der Waals surface area (Å²) in [6.45, 7) is 1.86. The van der Waals surface area contributed by atoms with E-state index in [9.17, 15) is 14.3 Å². The Morgan fingerprint density at radius 3 is 2.89 bits per heavy atom. The summed E-state index contributed by atoms with van der Waals surface area (Å²) in [5.41, 5.74) is 0.244. The van der Waals surface area contributed by atoms with Crippen LogP contribution in [0.15, 0.2) is 24.3 Å². The Hall–Kier alpha value is -1.95. The summed E-state index contributed by atoms with van der Waals surface area (Å²) >= 11 is 0.899. The van der Waals surface area contributed by atoms with Crippen molar-refractivity contribution < 1.29 is 19.0 Å². The molecule has 94 valence electrons. The summed E-state index contributed by atoms with van der Waals surface area (Å²) in [4.78, 5) is 15.2. The van der Waals surface area contributed by atoms with Crippen molar-refractivity contribution >= 4 is 17.3 Å². The molecule has 0 radical (unpaired) electrons. The van der Waals surface area contributed by atoms with Crippen molar-refractivity contribution in [2.75, 3.05) is 6.61 Å². The van der Waals surface area contributed by atoms with Crippen LogP contribution < -0.4 is 0 Å². The van der Waals surface area contributed by atoms with Gasteiger partial charge in [-0.2, -0.15) is 0 Å². The molecular formula is C12H10FNO3S. The zero-order valence-corrected chi connectivity index (χ0v) is 10.3. The van der Waals surface area contributed by atoms with Gasteiger partial charge >= 0.3 is 5.97 Å². The Labute approximate surface area is 107 Å². The van der Waals surface area contributed by atoms with Crippen LogP contribution in [-0.2, 0) is 4.74 Å². The fourth-order valence-corrected chi connectivity index (χ4v) is 2.27. The maximum Gasteiger partial charge on any atom is 0.353 e. The summed E-state index contributed by atoms with van der Waals surface area (Å²) < 4.78 is 18.3. The summed E-state index contributed by atoms with van der Waals surface area (Å²) in [5, 5.41) is 9.80. The van der Waals surface area contributed by atoms with Crippen LogP contribution in [0.2, 0.25) is 0 Å². The number of nitrogens with zero attached hydrogens (tertiary/aromatic N) is 1. The Morgan fingerprint density at radius 2 is 2.22 bits per heavy atom. The minimum Gasteiger partial charge on any atom is -0.492 e. The molecule has 4 nitrogen and oxygen atoms in total. The molecule has 0 bridgehead atoms. The third-order valence-corrected chi connectivity index (χ3v) is 3.23. The van der Waals surface area contributed by atoms with Crippen LogP contribution in [0.4, 0.5) is 4.39 Å². The normalized spacial score (nSPS) is 10.3. The van der Waals surface area contributed by atoms with Crippen LogP contribution in [0.25, 0.3) is 10.6 Å². The van der Waals surface area contributed by atoms with Crippen molar-refractivity contribution in [3.63, 3.8) is 0 Å². The van der Waals surface area contributed by atoms with Crippen molar-refractivity contribution in [2.24, 2.45) is 0 Å². The monoisotopic (exact) mass is 267 g/mol. The van der Waals surface area contributed by atoms with Crippen LogP contribution in [-0.4, -0.2) is 22.7 Å². The number of hydrogen-bond donors (Lipinski definition) is 1. The number of rotatable bonds is 3. The van der Waals surface area contributed by atoms with Crippen molar-refractivity contribution in [1.82, 2.24) is 4.98 Å². The second kappa shape index (κ2) is 5.14. The van der Waals surface area contributed by atoms with Crippen LogP contribution in [0, 0.1) is 5.82 Å². The molecule has 2 rings (SSSR count). The lowest BCUT2D eigenvalue weighted by Crippen LogP contribution is -2.02. The number of carbonyl (C=O) groups is 1. The number of ether oxygens (including phenoxy) is 1. The molecule has 0 saturated heterocycles. The summed E-state index contributed by atoms with van der Waals surface area (Å²) in [5.74, 6) is -1.55. The molecule has 0 fully saturated rings. The van der Waals surface area contributed by atoms with E-state index in [1.54, 1.807) is 19.1 Å². The molecule has 18 heavy (non-hydrogen) atoms. The van der Waals surface area contributed by atoms with E-state index in [0.717, 1.165) is 11.3 Å². The molecule has 1 aromatic carbocycles. The molecule has 1 aromatic heterocycles. The standard InChI is InChI=1S/C12H10FNO3S/c1-2-17-12(16)9-10(15)14-11(18-9)7-5-3-4-6-8(7)13/h3-6,15H,2H2,1H3. The highest BCUT2D eigenvalue weighted by atomic mass is 32.1. The lowest BCUT2D eigenvalue weighted by Gasteiger charge is -1.97. The first kappa shape index (κ1) is 12.5. The molecule has 2 aromatic rings. The van der Waals surface area contributed by atoms with Gasteiger partial charge in [-0.15, -0.1) is 11.3 Å². The number of hydrogen-bond acceptors (Lipinski definition) is 5. The molecule has 0 atom stereocenters. The van der Waals surface area contributed by atoms with Gasteiger partial charge in [-0.05, 0) is 19.1 Å². The summed E-state index contributed by atoms with van der Waals surface area (Å²) in [6.07, 6.45) is 0. The third-order valence-electron chi connectivity index (χ3n) is 2.17. The van der Waals surface area contributed by atoms with Crippen LogP contribution in [0.5, 0.6) is 5.88 Å². The quantitative estimate of drug-likeness (QED) is 0.869. The van der Waals surface area contributed by atoms with E-state index in [1.807, 2.05) is 0 Å². The topological polar surface area (TPSA) is 59.4 Å². The molecule has 6 heteroatoms. The largest absolute Gasteiger partial charge is 0.492 e. The molecule has 0 aliphatic carbocycles. The summed E-state index contributed by atoms with van der Waals surface area (Å²) in [6, 6.07) is 6.03. The van der Waals surface area contributed by atoms with E-state index in [4.69, 9.17) is 4.74 Å². The van der Waals surface area contributed by atoms with Crippen LogP contribution in [0.3, 0.4) is 0 Å². The van der Waals surface area contributed by atoms with Gasteiger partial charge in [0.15, 0.2) is 4.88 Å². The van der Waals surface area contributed by atoms with Gasteiger partial charge in [0.2, 0.25) is 5.88 Å². The van der Waals surface area contributed by atoms with Crippen LogP contribution >= 0.6 is 11.3 Å². The number of aromatic hydroxyl groups is 1. The molecule has 0 amide bonds. The zero-order chi connectivity index (χ0) is 13.1. The Kier molecular flexibility index (Phi) is 3.57. The second-order valence-electron chi connectivity index (χ2n) is 3.37. The predicted octanol–water partition coefficient (Wildman–Crippen LogP) is 2.83. The van der Waals surface area contributed by atoms with E-state index in [2.05, 4.69) is 4.98 Å². The van der Waals surface area contributed by atoms with Gasteiger partial charge in [-0.1, -0.05) is 12.1 Å². The molecule has 0 unspecified atom stereocenters. The highest BCUT2D eigenvalue weighted by Crippen LogP contribution is 2.33. The van der Waals surface area contributed by atoms with Crippen molar-refractivity contribution in [3.05, 3.63) is 35.0 Å². The predicted molar refractivity (Wildman–Crippen MR) is 65.1 cm³/mol. The number of aromatic nitrogens is 1. The van der Waals surface area contributed by atoms with Crippen molar-refractivity contribution in [3.8, 4) is 16.5 Å². The molecule has 0 aliphatic heterocycles. The first-order chi connectivity index (χ1) is 8.63. The van der Waals surface area contributed by atoms with Crippen LogP contribution in [0.1, 0.15) is 16.6 Å². The van der Waals surface area contributed by atoms with Gasteiger partial charge in [0.25, 0.3) is 0 Å². The lowest BCUT2D eigenvalue weighted by molar-refractivity contribution is 0.0528. The molecule has 1 heterocycles. The number of benzene rings is 1. The average molecular weight is 267 g/mol. The smallest absolute Gasteiger partial charge is 0.353 e. The first-order valence-corrected chi connectivity index (χ1v) is 6.07. The van der Waals surface area contributed by atoms with Crippen molar-refractivity contribution in [1.29, 1.82) is 0 Å². The average Bonchev–Trinajstić information content (AvgIpc) is 2.72. The minimum absolute atomic E-state index is 0.0184. The van der Waals surface area contributed by atoms with Gasteiger partial charge in [0, 0.05) is 5.56 Å². The maximum atomic E-state index is 13.5. The Balaban J connectivity index is 2.41. The fourth-order valence-electron chi connectivity index (χ4n) is 1.39. The highest BCUT2D eigenvalue weighted by molar-refractivity contribution is 7.17. The minimum atomic E-state index is -0.657. The van der Waals surface area contributed by atoms with Crippen molar-refractivity contribution in [2.45, 2.75) is 6.92 Å². The van der Waals surface area contributed by atoms with E-state index >= 15 is 0 Å². The van der Waals surface area contributed by atoms with Gasteiger partial charge in [-0.25, -0.2) is 14.2 Å². The Bertz CT molecular complexity index is 582. The SMILES string of the molecule is CCOC(=O)c1sc(-c2ccccc2F)nc1O. The maximum absolute atomic E-state index is 13.5. The van der Waals surface area contributed by atoms with E-state index in [-0.39, 0.29) is 22.1 Å². The zero-order valence-electron chi connectivity index (χ0n) is 9.51.